The van der Waals surface area contributed by atoms with Crippen molar-refractivity contribution in [2.24, 2.45) is 5.73 Å². The second kappa shape index (κ2) is 4.63. The molecule has 0 aromatic carbocycles. The first-order chi connectivity index (χ1) is 7.65. The fraction of sp³-hybridized carbons (Fsp3) is 0.300. The fourth-order valence-electron chi connectivity index (χ4n) is 1.19. The van der Waals surface area contributed by atoms with Crippen molar-refractivity contribution < 1.29 is 0 Å². The number of aromatic amines is 1. The van der Waals surface area contributed by atoms with Crippen molar-refractivity contribution in [3.8, 4) is 0 Å². The highest BCUT2D eigenvalue weighted by Gasteiger charge is 2.04. The van der Waals surface area contributed by atoms with Gasteiger partial charge in [0.15, 0.2) is 0 Å². The van der Waals surface area contributed by atoms with Gasteiger partial charge in [0.25, 0.3) is 0 Å². The standard InChI is InChI=1S/C10H13N5S/c1-6(11)9-4-3-8(5-12-9)16-10-13-7(2)14-15-10/h3-6H,11H2,1-2H3,(H,13,14,15)/t6-/m0/s1. The average Bonchev–Trinajstić information content (AvgIpc) is 2.65. The van der Waals surface area contributed by atoms with Crippen LogP contribution in [0.5, 0.6) is 0 Å². The normalized spacial score (nSPS) is 12.7. The number of hydrogen-bond donors (Lipinski definition) is 2. The van der Waals surface area contributed by atoms with Gasteiger partial charge in [-0.2, -0.15) is 0 Å². The zero-order valence-electron chi connectivity index (χ0n) is 9.14. The lowest BCUT2D eigenvalue weighted by molar-refractivity contribution is 0.777. The second-order valence-corrected chi connectivity index (χ2v) is 4.55. The fourth-order valence-corrected chi connectivity index (χ4v) is 1.92. The molecule has 0 bridgehead atoms. The molecule has 0 aliphatic carbocycles. The van der Waals surface area contributed by atoms with Crippen molar-refractivity contribution in [1.82, 2.24) is 20.2 Å². The van der Waals surface area contributed by atoms with E-state index in [0.29, 0.717) is 5.16 Å². The minimum absolute atomic E-state index is 0.0372. The van der Waals surface area contributed by atoms with Gasteiger partial charge in [0.1, 0.15) is 5.82 Å². The number of nitrogens with two attached hydrogens (primary N) is 1. The number of hydrogen-bond acceptors (Lipinski definition) is 5. The number of rotatable bonds is 3. The Balaban J connectivity index is 2.11. The predicted molar refractivity (Wildman–Crippen MR) is 62.1 cm³/mol. The average molecular weight is 235 g/mol. The molecule has 6 heteroatoms. The van der Waals surface area contributed by atoms with Gasteiger partial charge < -0.3 is 5.73 Å². The molecule has 2 heterocycles. The van der Waals surface area contributed by atoms with Crippen LogP contribution >= 0.6 is 11.8 Å². The molecule has 0 aliphatic heterocycles. The summed E-state index contributed by atoms with van der Waals surface area (Å²) < 4.78 is 0. The highest BCUT2D eigenvalue weighted by Crippen LogP contribution is 2.24. The van der Waals surface area contributed by atoms with Crippen LogP contribution in [0.4, 0.5) is 0 Å². The Labute approximate surface area is 97.9 Å². The van der Waals surface area contributed by atoms with E-state index in [1.807, 2.05) is 26.0 Å². The lowest BCUT2D eigenvalue weighted by Gasteiger charge is -2.04. The molecule has 0 unspecified atom stereocenters. The first kappa shape index (κ1) is 11.1. The van der Waals surface area contributed by atoms with Crippen LogP contribution in [0.15, 0.2) is 28.4 Å². The van der Waals surface area contributed by atoms with Crippen molar-refractivity contribution in [3.63, 3.8) is 0 Å². The number of H-pyrrole nitrogens is 1. The molecule has 1 atom stereocenters. The third-order valence-corrected chi connectivity index (χ3v) is 2.85. The summed E-state index contributed by atoms with van der Waals surface area (Å²) in [4.78, 5) is 9.48. The summed E-state index contributed by atoms with van der Waals surface area (Å²) in [5.41, 5.74) is 6.61. The second-order valence-electron chi connectivity index (χ2n) is 3.51. The van der Waals surface area contributed by atoms with E-state index in [1.54, 1.807) is 6.20 Å². The minimum Gasteiger partial charge on any atom is -0.323 e. The highest BCUT2D eigenvalue weighted by molar-refractivity contribution is 7.99. The molecule has 0 radical (unpaired) electrons. The molecule has 0 amide bonds. The first-order valence-electron chi connectivity index (χ1n) is 4.93. The monoisotopic (exact) mass is 235 g/mol. The first-order valence-corrected chi connectivity index (χ1v) is 5.75. The lowest BCUT2D eigenvalue weighted by atomic mass is 10.2. The molecule has 2 aromatic heterocycles. The van der Waals surface area contributed by atoms with E-state index < -0.39 is 0 Å². The molecule has 0 fully saturated rings. The molecule has 16 heavy (non-hydrogen) atoms. The van der Waals surface area contributed by atoms with E-state index in [1.165, 1.54) is 11.8 Å². The molecular formula is C10H13N5S. The topological polar surface area (TPSA) is 80.5 Å². The van der Waals surface area contributed by atoms with Crippen molar-refractivity contribution in [3.05, 3.63) is 29.8 Å². The van der Waals surface area contributed by atoms with E-state index >= 15 is 0 Å². The molecule has 5 nitrogen and oxygen atoms in total. The van der Waals surface area contributed by atoms with Crippen molar-refractivity contribution >= 4 is 11.8 Å². The smallest absolute Gasteiger partial charge is 0.213 e. The van der Waals surface area contributed by atoms with Crippen LogP contribution in [0.3, 0.4) is 0 Å². The van der Waals surface area contributed by atoms with Gasteiger partial charge in [-0.3, -0.25) is 10.1 Å². The van der Waals surface area contributed by atoms with Crippen LogP contribution in [0.2, 0.25) is 0 Å². The summed E-state index contributed by atoms with van der Waals surface area (Å²) in [7, 11) is 0. The van der Waals surface area contributed by atoms with Crippen LogP contribution in [-0.4, -0.2) is 20.2 Å². The number of aromatic nitrogens is 4. The SMILES string of the molecule is Cc1nc(Sc2ccc([C@H](C)N)nc2)n[nH]1. The largest absolute Gasteiger partial charge is 0.323 e. The van der Waals surface area contributed by atoms with Gasteiger partial charge in [-0.25, -0.2) is 4.98 Å². The minimum atomic E-state index is -0.0372. The van der Waals surface area contributed by atoms with E-state index in [-0.39, 0.29) is 6.04 Å². The number of aryl methyl sites for hydroxylation is 1. The highest BCUT2D eigenvalue weighted by atomic mass is 32.2. The summed E-state index contributed by atoms with van der Waals surface area (Å²) in [5, 5.41) is 7.54. The van der Waals surface area contributed by atoms with E-state index in [2.05, 4.69) is 20.2 Å². The maximum Gasteiger partial charge on any atom is 0.213 e. The summed E-state index contributed by atoms with van der Waals surface area (Å²) in [6.07, 6.45) is 1.79. The molecule has 2 aromatic rings. The summed E-state index contributed by atoms with van der Waals surface area (Å²) in [6, 6.07) is 3.86. The Hall–Kier alpha value is -1.40. The third kappa shape index (κ3) is 2.59. The van der Waals surface area contributed by atoms with E-state index in [4.69, 9.17) is 5.73 Å². The maximum atomic E-state index is 5.72. The van der Waals surface area contributed by atoms with Crippen LogP contribution in [0, 0.1) is 6.92 Å². The number of nitrogens with zero attached hydrogens (tertiary/aromatic N) is 3. The molecule has 0 saturated carbocycles. The number of nitrogens with one attached hydrogen (secondary N) is 1. The van der Waals surface area contributed by atoms with Crippen LogP contribution in [-0.2, 0) is 0 Å². The van der Waals surface area contributed by atoms with Gasteiger partial charge in [0.05, 0.1) is 5.69 Å². The van der Waals surface area contributed by atoms with Crippen LogP contribution in [0.25, 0.3) is 0 Å². The van der Waals surface area contributed by atoms with Crippen molar-refractivity contribution in [2.45, 2.75) is 29.9 Å². The Morgan fingerprint density at radius 2 is 2.25 bits per heavy atom. The van der Waals surface area contributed by atoms with E-state index in [9.17, 15) is 0 Å². The summed E-state index contributed by atoms with van der Waals surface area (Å²) in [6.45, 7) is 3.78. The van der Waals surface area contributed by atoms with Crippen molar-refractivity contribution in [1.29, 1.82) is 0 Å². The molecule has 0 saturated heterocycles. The van der Waals surface area contributed by atoms with Gasteiger partial charge in [0, 0.05) is 17.1 Å². The Morgan fingerprint density at radius 1 is 1.44 bits per heavy atom. The Kier molecular flexibility index (Phi) is 3.21. The van der Waals surface area contributed by atoms with Crippen LogP contribution in [0.1, 0.15) is 24.5 Å². The lowest BCUT2D eigenvalue weighted by Crippen LogP contribution is -2.06. The van der Waals surface area contributed by atoms with Gasteiger partial charge in [0.2, 0.25) is 5.16 Å². The maximum absolute atomic E-state index is 5.72. The van der Waals surface area contributed by atoms with Crippen molar-refractivity contribution in [2.75, 3.05) is 0 Å². The zero-order chi connectivity index (χ0) is 11.5. The predicted octanol–water partition coefficient (Wildman–Crippen LogP) is 1.68. The molecule has 0 spiro atoms. The summed E-state index contributed by atoms with van der Waals surface area (Å²) in [5.74, 6) is 0.808. The van der Waals surface area contributed by atoms with Gasteiger partial charge in [-0.05, 0) is 37.7 Å². The number of pyridine rings is 1. The molecule has 2 rings (SSSR count). The Morgan fingerprint density at radius 3 is 2.75 bits per heavy atom. The Bertz CT molecular complexity index is 462. The van der Waals surface area contributed by atoms with E-state index in [0.717, 1.165) is 16.4 Å². The van der Waals surface area contributed by atoms with Crippen LogP contribution < -0.4 is 5.73 Å². The quantitative estimate of drug-likeness (QED) is 0.846. The molecule has 84 valence electrons. The zero-order valence-corrected chi connectivity index (χ0v) is 9.95. The van der Waals surface area contributed by atoms with Gasteiger partial charge in [-0.1, -0.05) is 0 Å². The van der Waals surface area contributed by atoms with Gasteiger partial charge in [-0.15, -0.1) is 5.10 Å². The molecule has 0 aliphatic rings. The third-order valence-electron chi connectivity index (χ3n) is 2.01. The van der Waals surface area contributed by atoms with Gasteiger partial charge >= 0.3 is 0 Å². The molecule has 3 N–H and O–H groups in total. The molecular weight excluding hydrogens is 222 g/mol. The summed E-state index contributed by atoms with van der Waals surface area (Å²) >= 11 is 1.47.